The number of alkyl halides is 3. The third-order valence-electron chi connectivity index (χ3n) is 1.74. The number of benzene rings is 1. The van der Waals surface area contributed by atoms with Crippen molar-refractivity contribution in [1.29, 1.82) is 0 Å². The molecule has 6 heteroatoms. The average molecular weight is 217 g/mol. The van der Waals surface area contributed by atoms with Crippen LogP contribution in [0.5, 0.6) is 0 Å². The quantitative estimate of drug-likeness (QED) is 0.577. The molecule has 0 fully saturated rings. The van der Waals surface area contributed by atoms with Crippen LogP contribution in [0.3, 0.4) is 0 Å². The van der Waals surface area contributed by atoms with E-state index in [-0.39, 0.29) is 0 Å². The van der Waals surface area contributed by atoms with Crippen LogP contribution in [0.1, 0.15) is 15.9 Å². The Bertz CT molecular complexity index is 387. The molecule has 0 atom stereocenters. The standard InChI is InChI=1S/C9H6F3NO2/c10-9(11,12)7-4-2-1-3-6(7)8(14)5-13-15/h1-4H,5H2. The average Bonchev–Trinajstić information content (AvgIpc) is 2.17. The van der Waals surface area contributed by atoms with Crippen molar-refractivity contribution in [2.24, 2.45) is 5.18 Å². The highest BCUT2D eigenvalue weighted by Crippen LogP contribution is 2.31. The van der Waals surface area contributed by atoms with Gasteiger partial charge in [-0.2, -0.15) is 18.1 Å². The molecule has 1 aromatic carbocycles. The van der Waals surface area contributed by atoms with Gasteiger partial charge in [0.05, 0.1) is 5.56 Å². The molecule has 80 valence electrons. The Morgan fingerprint density at radius 1 is 1.27 bits per heavy atom. The summed E-state index contributed by atoms with van der Waals surface area (Å²) in [6, 6.07) is 4.29. The first-order valence-corrected chi connectivity index (χ1v) is 3.95. The Balaban J connectivity index is 3.18. The van der Waals surface area contributed by atoms with Gasteiger partial charge in [0.25, 0.3) is 0 Å². The number of nitroso groups, excluding NO2 is 1. The molecule has 0 unspecified atom stereocenters. The zero-order chi connectivity index (χ0) is 11.5. The molecule has 0 saturated carbocycles. The molecule has 0 bridgehead atoms. The van der Waals surface area contributed by atoms with Crippen molar-refractivity contribution in [1.82, 2.24) is 0 Å². The summed E-state index contributed by atoms with van der Waals surface area (Å²) in [5.74, 6) is -0.932. The molecule has 0 aliphatic rings. The van der Waals surface area contributed by atoms with Crippen LogP contribution < -0.4 is 0 Å². The van der Waals surface area contributed by atoms with Crippen LogP contribution in [0.2, 0.25) is 0 Å². The molecular weight excluding hydrogens is 211 g/mol. The minimum Gasteiger partial charge on any atom is -0.292 e. The van der Waals surface area contributed by atoms with Gasteiger partial charge in [-0.1, -0.05) is 23.4 Å². The number of carbonyl (C=O) groups excluding carboxylic acids is 1. The second kappa shape index (κ2) is 4.20. The van der Waals surface area contributed by atoms with Crippen molar-refractivity contribution in [3.8, 4) is 0 Å². The van der Waals surface area contributed by atoms with Crippen molar-refractivity contribution in [3.63, 3.8) is 0 Å². The lowest BCUT2D eigenvalue weighted by Gasteiger charge is -2.10. The zero-order valence-corrected chi connectivity index (χ0v) is 7.41. The normalized spacial score (nSPS) is 11.1. The van der Waals surface area contributed by atoms with Crippen LogP contribution >= 0.6 is 0 Å². The summed E-state index contributed by atoms with van der Waals surface area (Å²) in [4.78, 5) is 20.9. The molecule has 0 radical (unpaired) electrons. The van der Waals surface area contributed by atoms with Gasteiger partial charge >= 0.3 is 6.18 Å². The molecule has 0 aromatic heterocycles. The SMILES string of the molecule is O=NCC(=O)c1ccccc1C(F)(F)F. The number of hydrogen-bond donors (Lipinski definition) is 0. The van der Waals surface area contributed by atoms with E-state index in [9.17, 15) is 22.9 Å². The van der Waals surface area contributed by atoms with Gasteiger partial charge in [-0.15, -0.1) is 0 Å². The van der Waals surface area contributed by atoms with Crippen LogP contribution in [0.4, 0.5) is 13.2 Å². The molecule has 15 heavy (non-hydrogen) atoms. The fourth-order valence-corrected chi connectivity index (χ4v) is 1.12. The van der Waals surface area contributed by atoms with Crippen LogP contribution in [0, 0.1) is 4.91 Å². The molecule has 0 saturated heterocycles. The van der Waals surface area contributed by atoms with Gasteiger partial charge in [-0.05, 0) is 6.07 Å². The van der Waals surface area contributed by atoms with Crippen LogP contribution in [0.15, 0.2) is 29.4 Å². The molecule has 1 rings (SSSR count). The van der Waals surface area contributed by atoms with E-state index in [1.54, 1.807) is 0 Å². The highest BCUT2D eigenvalue weighted by Gasteiger charge is 2.34. The Morgan fingerprint density at radius 3 is 2.40 bits per heavy atom. The van der Waals surface area contributed by atoms with E-state index in [1.165, 1.54) is 12.1 Å². The van der Waals surface area contributed by atoms with E-state index in [4.69, 9.17) is 0 Å². The maximum Gasteiger partial charge on any atom is 0.417 e. The summed E-state index contributed by atoms with van der Waals surface area (Å²) in [6.07, 6.45) is -4.60. The summed E-state index contributed by atoms with van der Waals surface area (Å²) in [6.45, 7) is -0.785. The lowest BCUT2D eigenvalue weighted by molar-refractivity contribution is -0.137. The van der Waals surface area contributed by atoms with E-state index in [0.29, 0.717) is 0 Å². The van der Waals surface area contributed by atoms with E-state index >= 15 is 0 Å². The predicted octanol–water partition coefficient (Wildman–Crippen LogP) is 2.65. The largest absolute Gasteiger partial charge is 0.417 e. The Kier molecular flexibility index (Phi) is 3.18. The van der Waals surface area contributed by atoms with E-state index in [0.717, 1.165) is 12.1 Å². The molecule has 1 aromatic rings. The van der Waals surface area contributed by atoms with Crippen molar-refractivity contribution < 1.29 is 18.0 Å². The third-order valence-corrected chi connectivity index (χ3v) is 1.74. The number of nitrogens with zero attached hydrogens (tertiary/aromatic N) is 1. The summed E-state index contributed by atoms with van der Waals surface area (Å²) >= 11 is 0. The second-order valence-corrected chi connectivity index (χ2v) is 2.75. The number of Topliss-reactive ketones (excluding diaryl/α,β-unsaturated/α-hetero) is 1. The number of carbonyl (C=O) groups is 1. The van der Waals surface area contributed by atoms with Crippen LogP contribution in [-0.4, -0.2) is 12.3 Å². The van der Waals surface area contributed by atoms with Gasteiger partial charge < -0.3 is 0 Å². The summed E-state index contributed by atoms with van der Waals surface area (Å²) in [5, 5.41) is 2.27. The summed E-state index contributed by atoms with van der Waals surface area (Å²) in [7, 11) is 0. The first-order chi connectivity index (χ1) is 6.96. The first kappa shape index (κ1) is 11.4. The maximum atomic E-state index is 12.4. The first-order valence-electron chi connectivity index (χ1n) is 3.95. The van der Waals surface area contributed by atoms with E-state index < -0.39 is 29.6 Å². The Labute approximate surface area is 82.9 Å². The number of hydrogen-bond acceptors (Lipinski definition) is 3. The number of halogens is 3. The van der Waals surface area contributed by atoms with Crippen LogP contribution in [-0.2, 0) is 6.18 Å². The minimum absolute atomic E-state index is 0.524. The fourth-order valence-electron chi connectivity index (χ4n) is 1.12. The van der Waals surface area contributed by atoms with E-state index in [1.807, 2.05) is 0 Å². The highest BCUT2D eigenvalue weighted by atomic mass is 19.4. The Morgan fingerprint density at radius 2 is 1.87 bits per heavy atom. The molecule has 0 aliphatic carbocycles. The lowest BCUT2D eigenvalue weighted by atomic mass is 10.0. The third kappa shape index (κ3) is 2.61. The van der Waals surface area contributed by atoms with Gasteiger partial charge in [0.2, 0.25) is 0 Å². The molecule has 0 heterocycles. The van der Waals surface area contributed by atoms with Crippen molar-refractivity contribution in [3.05, 3.63) is 40.3 Å². The topological polar surface area (TPSA) is 46.5 Å². The smallest absolute Gasteiger partial charge is 0.292 e. The number of ketones is 1. The molecule has 0 N–H and O–H groups in total. The minimum atomic E-state index is -4.60. The monoisotopic (exact) mass is 217 g/mol. The molecular formula is C9H6F3NO2. The highest BCUT2D eigenvalue weighted by molar-refractivity contribution is 5.99. The number of rotatable bonds is 3. The van der Waals surface area contributed by atoms with E-state index in [2.05, 4.69) is 5.18 Å². The van der Waals surface area contributed by atoms with Gasteiger partial charge in [-0.25, -0.2) is 0 Å². The Hall–Kier alpha value is -1.72. The van der Waals surface area contributed by atoms with Gasteiger partial charge in [0, 0.05) is 5.56 Å². The van der Waals surface area contributed by atoms with Crippen molar-refractivity contribution in [2.75, 3.05) is 6.54 Å². The van der Waals surface area contributed by atoms with Crippen molar-refractivity contribution >= 4 is 5.78 Å². The maximum absolute atomic E-state index is 12.4. The molecule has 3 nitrogen and oxygen atoms in total. The predicted molar refractivity (Wildman–Crippen MR) is 46.4 cm³/mol. The van der Waals surface area contributed by atoms with Gasteiger partial charge in [-0.3, -0.25) is 4.79 Å². The van der Waals surface area contributed by atoms with Crippen molar-refractivity contribution in [2.45, 2.75) is 6.18 Å². The molecule has 0 spiro atoms. The summed E-state index contributed by atoms with van der Waals surface area (Å²) in [5.41, 5.74) is -1.57. The molecule has 0 aliphatic heterocycles. The second-order valence-electron chi connectivity index (χ2n) is 2.75. The zero-order valence-electron chi connectivity index (χ0n) is 7.41. The summed E-state index contributed by atoms with van der Waals surface area (Å²) < 4.78 is 37.2. The fraction of sp³-hybridized carbons (Fsp3) is 0.222. The molecule has 0 amide bonds. The van der Waals surface area contributed by atoms with Gasteiger partial charge in [0.1, 0.15) is 6.54 Å². The lowest BCUT2D eigenvalue weighted by Crippen LogP contribution is -2.14. The van der Waals surface area contributed by atoms with Crippen LogP contribution in [0.25, 0.3) is 0 Å². The van der Waals surface area contributed by atoms with Gasteiger partial charge in [0.15, 0.2) is 5.78 Å².